The molecule has 3 unspecified atom stereocenters. The molecule has 2 aliphatic rings. The highest BCUT2D eigenvalue weighted by Crippen LogP contribution is 2.29. The second kappa shape index (κ2) is 3.41. The Labute approximate surface area is 80.3 Å². The Hall–Kier alpha value is -0.370. The van der Waals surface area contributed by atoms with Crippen LogP contribution >= 0.6 is 0 Å². The molecule has 74 valence electrons. The number of ketones is 1. The van der Waals surface area contributed by atoms with Gasteiger partial charge in [-0.2, -0.15) is 0 Å². The largest absolute Gasteiger partial charge is 0.298 e. The van der Waals surface area contributed by atoms with Crippen molar-refractivity contribution in [1.82, 2.24) is 4.90 Å². The van der Waals surface area contributed by atoms with E-state index in [1.165, 1.54) is 0 Å². The number of likely N-dealkylation sites (tertiary alicyclic amines) is 1. The molecular formula is C11H19NO. The average molecular weight is 181 g/mol. The normalized spacial score (nSPS) is 41.7. The SMILES string of the molecule is CC1CN(C2CCCC2=O)CC1C. The molecule has 1 heterocycles. The minimum atomic E-state index is 0.285. The average Bonchev–Trinajstić information content (AvgIpc) is 2.60. The molecule has 1 aliphatic carbocycles. The fraction of sp³-hybridized carbons (Fsp3) is 0.909. The number of hydrogen-bond acceptors (Lipinski definition) is 2. The zero-order valence-corrected chi connectivity index (χ0v) is 8.62. The number of hydrogen-bond donors (Lipinski definition) is 0. The minimum Gasteiger partial charge on any atom is -0.298 e. The topological polar surface area (TPSA) is 20.3 Å². The van der Waals surface area contributed by atoms with Crippen LogP contribution in [-0.2, 0) is 4.79 Å². The van der Waals surface area contributed by atoms with E-state index in [4.69, 9.17) is 0 Å². The Morgan fingerprint density at radius 2 is 1.85 bits per heavy atom. The third-order valence-corrected chi connectivity index (χ3v) is 3.73. The van der Waals surface area contributed by atoms with E-state index in [0.717, 1.165) is 44.2 Å². The molecule has 0 amide bonds. The predicted octanol–water partition coefficient (Wildman–Crippen LogP) is 1.70. The molecule has 1 saturated heterocycles. The highest BCUT2D eigenvalue weighted by atomic mass is 16.1. The Balaban J connectivity index is 1.98. The zero-order chi connectivity index (χ0) is 9.42. The molecule has 2 rings (SSSR count). The van der Waals surface area contributed by atoms with E-state index >= 15 is 0 Å². The van der Waals surface area contributed by atoms with Crippen molar-refractivity contribution >= 4 is 5.78 Å². The molecule has 13 heavy (non-hydrogen) atoms. The molecule has 0 aromatic carbocycles. The lowest BCUT2D eigenvalue weighted by Gasteiger charge is -2.21. The van der Waals surface area contributed by atoms with E-state index in [0.29, 0.717) is 5.78 Å². The number of rotatable bonds is 1. The van der Waals surface area contributed by atoms with E-state index < -0.39 is 0 Å². The van der Waals surface area contributed by atoms with Crippen LogP contribution in [-0.4, -0.2) is 29.8 Å². The zero-order valence-electron chi connectivity index (χ0n) is 8.62. The Kier molecular flexibility index (Phi) is 2.41. The van der Waals surface area contributed by atoms with Gasteiger partial charge in [-0.05, 0) is 24.7 Å². The van der Waals surface area contributed by atoms with Gasteiger partial charge in [0.1, 0.15) is 5.78 Å². The molecule has 2 nitrogen and oxygen atoms in total. The summed E-state index contributed by atoms with van der Waals surface area (Å²) < 4.78 is 0. The van der Waals surface area contributed by atoms with Crippen molar-refractivity contribution in [2.75, 3.05) is 13.1 Å². The molecule has 2 heteroatoms. The minimum absolute atomic E-state index is 0.285. The van der Waals surface area contributed by atoms with Gasteiger partial charge in [0.15, 0.2) is 0 Å². The van der Waals surface area contributed by atoms with Gasteiger partial charge in [0.2, 0.25) is 0 Å². The van der Waals surface area contributed by atoms with Crippen LogP contribution in [0.1, 0.15) is 33.1 Å². The van der Waals surface area contributed by atoms with Gasteiger partial charge in [0.25, 0.3) is 0 Å². The number of carbonyl (C=O) groups excluding carboxylic acids is 1. The first-order chi connectivity index (χ1) is 6.18. The number of Topliss-reactive ketones (excluding diaryl/α,β-unsaturated/α-hetero) is 1. The van der Waals surface area contributed by atoms with Crippen molar-refractivity contribution in [3.63, 3.8) is 0 Å². The molecule has 0 radical (unpaired) electrons. The first-order valence-corrected chi connectivity index (χ1v) is 5.45. The van der Waals surface area contributed by atoms with Crippen LogP contribution in [0.5, 0.6) is 0 Å². The third kappa shape index (κ3) is 1.64. The second-order valence-electron chi connectivity index (χ2n) is 4.78. The fourth-order valence-corrected chi connectivity index (χ4v) is 2.61. The Bertz CT molecular complexity index is 204. The van der Waals surface area contributed by atoms with E-state index in [1.807, 2.05) is 0 Å². The van der Waals surface area contributed by atoms with Gasteiger partial charge < -0.3 is 0 Å². The lowest BCUT2D eigenvalue weighted by atomic mass is 10.0. The van der Waals surface area contributed by atoms with E-state index in [-0.39, 0.29) is 6.04 Å². The second-order valence-corrected chi connectivity index (χ2v) is 4.78. The molecule has 0 aromatic rings. The lowest BCUT2D eigenvalue weighted by molar-refractivity contribution is -0.121. The molecule has 1 aliphatic heterocycles. The maximum Gasteiger partial charge on any atom is 0.149 e. The van der Waals surface area contributed by atoms with Crippen LogP contribution in [0.3, 0.4) is 0 Å². The maximum atomic E-state index is 11.5. The van der Waals surface area contributed by atoms with Crippen LogP contribution in [0, 0.1) is 11.8 Å². The molecule has 0 aromatic heterocycles. The van der Waals surface area contributed by atoms with Crippen molar-refractivity contribution < 1.29 is 4.79 Å². The van der Waals surface area contributed by atoms with E-state index in [1.54, 1.807) is 0 Å². The summed E-state index contributed by atoms with van der Waals surface area (Å²) in [6.07, 6.45) is 3.05. The van der Waals surface area contributed by atoms with Crippen LogP contribution < -0.4 is 0 Å². The fourth-order valence-electron chi connectivity index (χ4n) is 2.61. The van der Waals surface area contributed by atoms with Crippen molar-refractivity contribution in [3.8, 4) is 0 Å². The Morgan fingerprint density at radius 1 is 1.23 bits per heavy atom. The summed E-state index contributed by atoms with van der Waals surface area (Å²) in [4.78, 5) is 13.9. The highest BCUT2D eigenvalue weighted by Gasteiger charge is 2.36. The smallest absolute Gasteiger partial charge is 0.149 e. The summed E-state index contributed by atoms with van der Waals surface area (Å²) >= 11 is 0. The molecular weight excluding hydrogens is 162 g/mol. The van der Waals surface area contributed by atoms with Crippen LogP contribution in [0.4, 0.5) is 0 Å². The summed E-state index contributed by atoms with van der Waals surface area (Å²) in [6.45, 7) is 6.86. The number of nitrogens with zero attached hydrogens (tertiary/aromatic N) is 1. The van der Waals surface area contributed by atoms with E-state index in [9.17, 15) is 4.79 Å². The van der Waals surface area contributed by atoms with Crippen molar-refractivity contribution in [2.45, 2.75) is 39.2 Å². The summed E-state index contributed by atoms with van der Waals surface area (Å²) in [6, 6.07) is 0.285. The molecule has 0 spiro atoms. The van der Waals surface area contributed by atoms with E-state index in [2.05, 4.69) is 18.7 Å². The van der Waals surface area contributed by atoms with Crippen molar-refractivity contribution in [1.29, 1.82) is 0 Å². The first-order valence-electron chi connectivity index (χ1n) is 5.45. The summed E-state index contributed by atoms with van der Waals surface area (Å²) in [7, 11) is 0. The van der Waals surface area contributed by atoms with Gasteiger partial charge in [-0.3, -0.25) is 9.69 Å². The molecule has 2 fully saturated rings. The quantitative estimate of drug-likeness (QED) is 0.613. The predicted molar refractivity (Wildman–Crippen MR) is 52.5 cm³/mol. The van der Waals surface area contributed by atoms with Gasteiger partial charge in [-0.15, -0.1) is 0 Å². The summed E-state index contributed by atoms with van der Waals surface area (Å²) in [5, 5.41) is 0. The van der Waals surface area contributed by atoms with Crippen molar-refractivity contribution in [3.05, 3.63) is 0 Å². The third-order valence-electron chi connectivity index (χ3n) is 3.73. The van der Waals surface area contributed by atoms with Gasteiger partial charge >= 0.3 is 0 Å². The molecule has 0 bridgehead atoms. The Morgan fingerprint density at radius 3 is 2.31 bits per heavy atom. The van der Waals surface area contributed by atoms with Crippen LogP contribution in [0.2, 0.25) is 0 Å². The summed E-state index contributed by atoms with van der Waals surface area (Å²) in [5.41, 5.74) is 0. The monoisotopic (exact) mass is 181 g/mol. The maximum absolute atomic E-state index is 11.5. The molecule has 3 atom stereocenters. The molecule has 0 N–H and O–H groups in total. The van der Waals surface area contributed by atoms with Crippen molar-refractivity contribution in [2.24, 2.45) is 11.8 Å². The lowest BCUT2D eigenvalue weighted by Crippen LogP contribution is -2.36. The van der Waals surface area contributed by atoms with Gasteiger partial charge in [-0.25, -0.2) is 0 Å². The van der Waals surface area contributed by atoms with Gasteiger partial charge in [0, 0.05) is 19.5 Å². The number of carbonyl (C=O) groups is 1. The van der Waals surface area contributed by atoms with Gasteiger partial charge in [-0.1, -0.05) is 13.8 Å². The highest BCUT2D eigenvalue weighted by molar-refractivity contribution is 5.85. The molecule has 1 saturated carbocycles. The first kappa shape index (κ1) is 9.20. The standard InChI is InChI=1S/C11H19NO/c1-8-6-12(7-9(8)2)10-4-3-5-11(10)13/h8-10H,3-7H2,1-2H3. The van der Waals surface area contributed by atoms with Gasteiger partial charge in [0.05, 0.1) is 6.04 Å². The summed E-state index contributed by atoms with van der Waals surface area (Å²) in [5.74, 6) is 2.03. The van der Waals surface area contributed by atoms with Crippen LogP contribution in [0.25, 0.3) is 0 Å². The van der Waals surface area contributed by atoms with Crippen LogP contribution in [0.15, 0.2) is 0 Å².